The summed E-state index contributed by atoms with van der Waals surface area (Å²) in [6.07, 6.45) is 0.807. The fourth-order valence-electron chi connectivity index (χ4n) is 1.74. The predicted molar refractivity (Wildman–Crippen MR) is 59.4 cm³/mol. The van der Waals surface area contributed by atoms with Crippen molar-refractivity contribution in [3.05, 3.63) is 28.8 Å². The standard InChI is InChI=1S/C11H12Cl2O/c1-11(2)6-9(13)8-5-7(12)3-4-10(8)14-11/h3-5,9H,6H2,1-2H3. The highest BCUT2D eigenvalue weighted by Crippen LogP contribution is 2.43. The SMILES string of the molecule is CC1(C)CC(Cl)c2cc(Cl)ccc2O1. The Bertz CT molecular complexity index is 360. The van der Waals surface area contributed by atoms with Crippen LogP contribution in [0.2, 0.25) is 5.02 Å². The zero-order valence-corrected chi connectivity index (χ0v) is 9.69. The van der Waals surface area contributed by atoms with Crippen molar-refractivity contribution < 1.29 is 4.74 Å². The van der Waals surface area contributed by atoms with Gasteiger partial charge in [0.2, 0.25) is 0 Å². The third-order valence-electron chi connectivity index (χ3n) is 2.37. The quantitative estimate of drug-likeness (QED) is 0.608. The van der Waals surface area contributed by atoms with Crippen molar-refractivity contribution >= 4 is 23.2 Å². The summed E-state index contributed by atoms with van der Waals surface area (Å²) < 4.78 is 5.80. The summed E-state index contributed by atoms with van der Waals surface area (Å²) in [6, 6.07) is 5.59. The summed E-state index contributed by atoms with van der Waals surface area (Å²) in [5, 5.41) is 0.699. The molecule has 0 N–H and O–H groups in total. The van der Waals surface area contributed by atoms with Crippen LogP contribution in [0.5, 0.6) is 5.75 Å². The number of halogens is 2. The third-order valence-corrected chi connectivity index (χ3v) is 2.99. The van der Waals surface area contributed by atoms with Gasteiger partial charge in [-0.05, 0) is 32.0 Å². The highest BCUT2D eigenvalue weighted by Gasteiger charge is 2.32. The molecule has 1 nitrogen and oxygen atoms in total. The fraction of sp³-hybridized carbons (Fsp3) is 0.455. The van der Waals surface area contributed by atoms with Gasteiger partial charge >= 0.3 is 0 Å². The molecule has 0 spiro atoms. The Morgan fingerprint density at radius 1 is 1.43 bits per heavy atom. The smallest absolute Gasteiger partial charge is 0.124 e. The molecular weight excluding hydrogens is 219 g/mol. The van der Waals surface area contributed by atoms with Crippen LogP contribution in [-0.4, -0.2) is 5.60 Å². The average Bonchev–Trinajstić information content (AvgIpc) is 2.05. The lowest BCUT2D eigenvalue weighted by Crippen LogP contribution is -2.33. The van der Waals surface area contributed by atoms with Gasteiger partial charge in [-0.25, -0.2) is 0 Å². The second kappa shape index (κ2) is 3.32. The summed E-state index contributed by atoms with van der Waals surface area (Å²) in [5.41, 5.74) is 0.811. The van der Waals surface area contributed by atoms with E-state index in [1.807, 2.05) is 32.0 Å². The Kier molecular flexibility index (Phi) is 2.40. The lowest BCUT2D eigenvalue weighted by atomic mass is 9.94. The molecule has 0 aliphatic carbocycles. The fourth-order valence-corrected chi connectivity index (χ4v) is 2.46. The maximum absolute atomic E-state index is 6.27. The zero-order valence-electron chi connectivity index (χ0n) is 8.18. The summed E-state index contributed by atoms with van der Waals surface area (Å²) in [6.45, 7) is 4.08. The van der Waals surface area contributed by atoms with Crippen molar-refractivity contribution in [3.63, 3.8) is 0 Å². The predicted octanol–water partition coefficient (Wildman–Crippen LogP) is 4.18. The molecule has 1 aliphatic rings. The van der Waals surface area contributed by atoms with Gasteiger partial charge in [0, 0.05) is 17.0 Å². The van der Waals surface area contributed by atoms with Crippen LogP contribution in [0.4, 0.5) is 0 Å². The summed E-state index contributed by atoms with van der Waals surface area (Å²) >= 11 is 12.2. The maximum Gasteiger partial charge on any atom is 0.124 e. The van der Waals surface area contributed by atoms with E-state index in [-0.39, 0.29) is 11.0 Å². The molecule has 0 aromatic heterocycles. The van der Waals surface area contributed by atoms with E-state index in [0.717, 1.165) is 17.7 Å². The van der Waals surface area contributed by atoms with Gasteiger partial charge in [0.25, 0.3) is 0 Å². The molecule has 1 aromatic carbocycles. The van der Waals surface area contributed by atoms with Crippen LogP contribution in [0.15, 0.2) is 18.2 Å². The van der Waals surface area contributed by atoms with Crippen LogP contribution in [0.25, 0.3) is 0 Å². The van der Waals surface area contributed by atoms with Crippen LogP contribution in [-0.2, 0) is 0 Å². The second-order valence-electron chi connectivity index (χ2n) is 4.22. The molecule has 0 radical (unpaired) electrons. The molecule has 1 unspecified atom stereocenters. The molecule has 3 heteroatoms. The van der Waals surface area contributed by atoms with Gasteiger partial charge in [-0.3, -0.25) is 0 Å². The number of rotatable bonds is 0. The Labute approximate surface area is 94.0 Å². The Morgan fingerprint density at radius 3 is 2.86 bits per heavy atom. The Balaban J connectivity index is 2.45. The topological polar surface area (TPSA) is 9.23 Å². The van der Waals surface area contributed by atoms with Crippen LogP contribution >= 0.6 is 23.2 Å². The molecule has 14 heavy (non-hydrogen) atoms. The highest BCUT2D eigenvalue weighted by molar-refractivity contribution is 6.31. The van der Waals surface area contributed by atoms with Gasteiger partial charge in [0.1, 0.15) is 11.4 Å². The van der Waals surface area contributed by atoms with Gasteiger partial charge in [0.05, 0.1) is 5.38 Å². The molecule has 2 rings (SSSR count). The molecule has 1 atom stereocenters. The van der Waals surface area contributed by atoms with Crippen LogP contribution in [0, 0.1) is 0 Å². The van der Waals surface area contributed by atoms with Gasteiger partial charge in [-0.2, -0.15) is 0 Å². The van der Waals surface area contributed by atoms with E-state index >= 15 is 0 Å². The van der Waals surface area contributed by atoms with E-state index in [2.05, 4.69) is 0 Å². The second-order valence-corrected chi connectivity index (χ2v) is 5.18. The summed E-state index contributed by atoms with van der Waals surface area (Å²) in [4.78, 5) is 0. The number of alkyl halides is 1. The van der Waals surface area contributed by atoms with Gasteiger partial charge < -0.3 is 4.74 Å². The minimum absolute atomic E-state index is 0.00699. The largest absolute Gasteiger partial charge is 0.487 e. The number of ether oxygens (including phenoxy) is 1. The van der Waals surface area contributed by atoms with Crippen LogP contribution in [0.3, 0.4) is 0 Å². The molecule has 0 bridgehead atoms. The van der Waals surface area contributed by atoms with Crippen LogP contribution < -0.4 is 4.74 Å². The van der Waals surface area contributed by atoms with Crippen molar-refractivity contribution in [3.8, 4) is 5.75 Å². The number of hydrogen-bond donors (Lipinski definition) is 0. The van der Waals surface area contributed by atoms with Gasteiger partial charge in [-0.15, -0.1) is 11.6 Å². The van der Waals surface area contributed by atoms with E-state index in [1.54, 1.807) is 0 Å². The van der Waals surface area contributed by atoms with Crippen molar-refractivity contribution in [2.24, 2.45) is 0 Å². The average molecular weight is 231 g/mol. The number of benzene rings is 1. The van der Waals surface area contributed by atoms with E-state index in [1.165, 1.54) is 0 Å². The monoisotopic (exact) mass is 230 g/mol. The highest BCUT2D eigenvalue weighted by atomic mass is 35.5. The van der Waals surface area contributed by atoms with E-state index in [0.29, 0.717) is 5.02 Å². The minimum Gasteiger partial charge on any atom is -0.487 e. The van der Waals surface area contributed by atoms with E-state index < -0.39 is 0 Å². The van der Waals surface area contributed by atoms with Crippen molar-refractivity contribution in [2.75, 3.05) is 0 Å². The van der Waals surface area contributed by atoms with Crippen molar-refractivity contribution in [1.82, 2.24) is 0 Å². The Morgan fingerprint density at radius 2 is 2.14 bits per heavy atom. The normalized spacial score (nSPS) is 23.9. The van der Waals surface area contributed by atoms with E-state index in [9.17, 15) is 0 Å². The summed E-state index contributed by atoms with van der Waals surface area (Å²) in [5.74, 6) is 0.852. The first kappa shape index (κ1) is 10.1. The van der Waals surface area contributed by atoms with Crippen LogP contribution in [0.1, 0.15) is 31.2 Å². The number of hydrogen-bond acceptors (Lipinski definition) is 1. The minimum atomic E-state index is -0.187. The molecule has 0 saturated carbocycles. The molecular formula is C11H12Cl2O. The lowest BCUT2D eigenvalue weighted by molar-refractivity contribution is 0.0826. The maximum atomic E-state index is 6.27. The zero-order chi connectivity index (χ0) is 10.3. The molecule has 1 heterocycles. The first-order valence-corrected chi connectivity index (χ1v) is 5.42. The van der Waals surface area contributed by atoms with Crippen molar-refractivity contribution in [2.45, 2.75) is 31.2 Å². The molecule has 0 fully saturated rings. The van der Waals surface area contributed by atoms with Gasteiger partial charge in [0.15, 0.2) is 0 Å². The molecule has 1 aromatic rings. The molecule has 76 valence electrons. The summed E-state index contributed by atoms with van der Waals surface area (Å²) in [7, 11) is 0. The molecule has 0 amide bonds. The first-order valence-electron chi connectivity index (χ1n) is 4.60. The molecule has 0 saturated heterocycles. The van der Waals surface area contributed by atoms with Crippen molar-refractivity contribution in [1.29, 1.82) is 0 Å². The number of fused-ring (bicyclic) bond motifs is 1. The molecule has 1 aliphatic heterocycles. The first-order chi connectivity index (χ1) is 6.48. The van der Waals surface area contributed by atoms with Gasteiger partial charge in [-0.1, -0.05) is 11.6 Å². The van der Waals surface area contributed by atoms with E-state index in [4.69, 9.17) is 27.9 Å². The third kappa shape index (κ3) is 1.84. The Hall–Kier alpha value is -0.400. The lowest BCUT2D eigenvalue weighted by Gasteiger charge is -2.35.